The van der Waals surface area contributed by atoms with Gasteiger partial charge in [-0.1, -0.05) is 45.0 Å². The average molecular weight is 436 g/mol. The molecule has 30 heavy (non-hydrogen) atoms. The molecular formula is C21H22F2O6Si. The van der Waals surface area contributed by atoms with Crippen LogP contribution in [-0.4, -0.2) is 26.7 Å². The first kappa shape index (κ1) is 23.2. The molecule has 0 bridgehead atoms. The highest BCUT2D eigenvalue weighted by molar-refractivity contribution is 6.79. The Labute approximate surface area is 174 Å². The summed E-state index contributed by atoms with van der Waals surface area (Å²) in [6.45, 7) is 4.64. The van der Waals surface area contributed by atoms with Crippen LogP contribution in [0.1, 0.15) is 40.0 Å². The molecule has 6 nitrogen and oxygen atoms in total. The zero-order valence-corrected chi connectivity index (χ0v) is 17.9. The number of hydrogen-bond acceptors (Lipinski definition) is 6. The zero-order chi connectivity index (χ0) is 22.3. The van der Waals surface area contributed by atoms with Crippen LogP contribution in [-0.2, 0) is 27.7 Å². The van der Waals surface area contributed by atoms with Crippen LogP contribution in [0.3, 0.4) is 0 Å². The maximum absolute atomic E-state index is 14.1. The molecule has 0 saturated carbocycles. The van der Waals surface area contributed by atoms with Gasteiger partial charge in [0, 0.05) is 30.9 Å². The van der Waals surface area contributed by atoms with E-state index in [2.05, 4.69) is 0 Å². The minimum absolute atomic E-state index is 0.0268. The summed E-state index contributed by atoms with van der Waals surface area (Å²) in [7, 11) is -4.27. The van der Waals surface area contributed by atoms with Crippen LogP contribution in [0, 0.1) is 11.6 Å². The van der Waals surface area contributed by atoms with Crippen molar-refractivity contribution in [2.75, 3.05) is 0 Å². The Morgan fingerprint density at radius 3 is 1.63 bits per heavy atom. The highest BCUT2D eigenvalue weighted by Gasteiger charge is 2.55. The Bertz CT molecular complexity index is 884. The first-order chi connectivity index (χ1) is 14.2. The van der Waals surface area contributed by atoms with E-state index in [0.717, 1.165) is 12.1 Å². The van der Waals surface area contributed by atoms with Gasteiger partial charge in [0.05, 0.1) is 5.19 Å². The monoisotopic (exact) mass is 436 g/mol. The number of rotatable bonds is 8. The Hall–Kier alpha value is -3.07. The van der Waals surface area contributed by atoms with Crippen molar-refractivity contribution in [3.63, 3.8) is 0 Å². The summed E-state index contributed by atoms with van der Waals surface area (Å²) in [5.41, 5.74) is 0.557. The molecule has 0 saturated heterocycles. The fourth-order valence-electron chi connectivity index (χ4n) is 2.48. The molecule has 0 spiro atoms. The maximum Gasteiger partial charge on any atom is 0.742 e. The lowest BCUT2D eigenvalue weighted by Crippen LogP contribution is -2.59. The second kappa shape index (κ2) is 10.1. The standard InChI is InChI=1S/C21H22F2O6Si/c1-4-19(24)27-30(28-20(25)5-2,29-21(26)6-3)16-10-7-14(8-11-16)17-12-9-15(22)13-18(17)23/h7-13H,4-6H2,1-3H3. The number of carbonyl (C=O) groups excluding carboxylic acids is 3. The maximum atomic E-state index is 14.1. The molecule has 0 atom stereocenters. The molecule has 2 aromatic carbocycles. The van der Waals surface area contributed by atoms with Crippen molar-refractivity contribution >= 4 is 31.9 Å². The van der Waals surface area contributed by atoms with E-state index in [1.807, 2.05) is 0 Å². The van der Waals surface area contributed by atoms with Gasteiger partial charge >= 0.3 is 8.80 Å². The van der Waals surface area contributed by atoms with Crippen LogP contribution >= 0.6 is 0 Å². The van der Waals surface area contributed by atoms with Gasteiger partial charge in [0.15, 0.2) is 0 Å². The van der Waals surface area contributed by atoms with Crippen LogP contribution < -0.4 is 5.19 Å². The minimum Gasteiger partial charge on any atom is -0.452 e. The van der Waals surface area contributed by atoms with Crippen LogP contribution in [0.2, 0.25) is 0 Å². The van der Waals surface area contributed by atoms with Crippen molar-refractivity contribution in [1.82, 2.24) is 0 Å². The molecule has 0 aliphatic heterocycles. The molecule has 2 rings (SSSR count). The third-order valence-electron chi connectivity index (χ3n) is 4.09. The van der Waals surface area contributed by atoms with Gasteiger partial charge in [-0.25, -0.2) is 8.78 Å². The quantitative estimate of drug-likeness (QED) is 0.588. The first-order valence-corrected chi connectivity index (χ1v) is 11.2. The summed E-state index contributed by atoms with van der Waals surface area (Å²) in [5.74, 6) is -3.57. The third-order valence-corrected chi connectivity index (χ3v) is 6.62. The molecular weight excluding hydrogens is 414 g/mol. The van der Waals surface area contributed by atoms with Gasteiger partial charge in [0.25, 0.3) is 17.9 Å². The Morgan fingerprint density at radius 2 is 1.23 bits per heavy atom. The van der Waals surface area contributed by atoms with Gasteiger partial charge in [0.1, 0.15) is 11.6 Å². The van der Waals surface area contributed by atoms with Crippen molar-refractivity contribution in [3.05, 3.63) is 54.1 Å². The number of halogens is 2. The fraction of sp³-hybridized carbons (Fsp3) is 0.286. The molecule has 160 valence electrons. The average Bonchev–Trinajstić information content (AvgIpc) is 2.73. The van der Waals surface area contributed by atoms with Crippen LogP contribution in [0.5, 0.6) is 0 Å². The molecule has 0 aromatic heterocycles. The Morgan fingerprint density at radius 1 is 0.767 bits per heavy atom. The number of carbonyl (C=O) groups is 3. The van der Waals surface area contributed by atoms with E-state index in [1.54, 1.807) is 20.8 Å². The van der Waals surface area contributed by atoms with E-state index in [4.69, 9.17) is 13.3 Å². The Balaban J connectivity index is 2.53. The molecule has 0 heterocycles. The Kier molecular flexibility index (Phi) is 7.82. The topological polar surface area (TPSA) is 78.9 Å². The predicted molar refractivity (Wildman–Crippen MR) is 106 cm³/mol. The van der Waals surface area contributed by atoms with Crippen LogP contribution in [0.25, 0.3) is 11.1 Å². The zero-order valence-electron chi connectivity index (χ0n) is 16.9. The SMILES string of the molecule is CCC(=O)O[Si](OC(=O)CC)(OC(=O)CC)c1ccc(-c2ccc(F)cc2F)cc1. The normalized spacial score (nSPS) is 11.0. The molecule has 0 amide bonds. The van der Waals surface area contributed by atoms with Crippen molar-refractivity contribution in [2.45, 2.75) is 40.0 Å². The summed E-state index contributed by atoms with van der Waals surface area (Å²) in [5, 5.41) is 0.180. The van der Waals surface area contributed by atoms with Gasteiger partial charge in [-0.3, -0.25) is 14.4 Å². The smallest absolute Gasteiger partial charge is 0.452 e. The molecule has 0 aliphatic rings. The van der Waals surface area contributed by atoms with Crippen LogP contribution in [0.4, 0.5) is 8.78 Å². The number of hydrogen-bond donors (Lipinski definition) is 0. The molecule has 0 radical (unpaired) electrons. The first-order valence-electron chi connectivity index (χ1n) is 9.46. The summed E-state index contributed by atoms with van der Waals surface area (Å²) in [6, 6.07) is 8.99. The van der Waals surface area contributed by atoms with E-state index in [9.17, 15) is 23.2 Å². The van der Waals surface area contributed by atoms with E-state index >= 15 is 0 Å². The van der Waals surface area contributed by atoms with Gasteiger partial charge in [-0.15, -0.1) is 0 Å². The van der Waals surface area contributed by atoms with E-state index in [-0.39, 0.29) is 30.0 Å². The van der Waals surface area contributed by atoms with Gasteiger partial charge in [0.2, 0.25) is 0 Å². The lowest BCUT2D eigenvalue weighted by atomic mass is 10.1. The summed E-state index contributed by atoms with van der Waals surface area (Å²) in [6.07, 6.45) is -0.0804. The predicted octanol–water partition coefficient (Wildman–Crippen LogP) is 3.64. The molecule has 0 fully saturated rings. The van der Waals surface area contributed by atoms with Crippen molar-refractivity contribution in [2.24, 2.45) is 0 Å². The van der Waals surface area contributed by atoms with E-state index in [0.29, 0.717) is 5.56 Å². The molecule has 9 heteroatoms. The highest BCUT2D eigenvalue weighted by Crippen LogP contribution is 2.24. The summed E-state index contributed by atoms with van der Waals surface area (Å²) in [4.78, 5) is 36.2. The molecule has 0 aliphatic carbocycles. The fourth-order valence-corrected chi connectivity index (χ4v) is 4.87. The summed E-state index contributed by atoms with van der Waals surface area (Å²) >= 11 is 0. The van der Waals surface area contributed by atoms with E-state index < -0.39 is 38.3 Å². The lowest BCUT2D eigenvalue weighted by molar-refractivity contribution is -0.149. The molecule has 0 N–H and O–H groups in total. The van der Waals surface area contributed by atoms with Gasteiger partial charge in [-0.2, -0.15) is 0 Å². The van der Waals surface area contributed by atoms with Crippen molar-refractivity contribution < 1.29 is 36.4 Å². The van der Waals surface area contributed by atoms with Crippen molar-refractivity contribution in [3.8, 4) is 11.1 Å². The highest BCUT2D eigenvalue weighted by atomic mass is 28.4. The number of benzene rings is 2. The van der Waals surface area contributed by atoms with Crippen LogP contribution in [0.15, 0.2) is 42.5 Å². The lowest BCUT2D eigenvalue weighted by Gasteiger charge is -2.27. The van der Waals surface area contributed by atoms with Gasteiger partial charge in [-0.05, 0) is 17.7 Å². The van der Waals surface area contributed by atoms with Crippen molar-refractivity contribution in [1.29, 1.82) is 0 Å². The van der Waals surface area contributed by atoms with Gasteiger partial charge < -0.3 is 13.3 Å². The minimum atomic E-state index is -4.27. The second-order valence-electron chi connectivity index (χ2n) is 6.24. The summed E-state index contributed by atoms with van der Waals surface area (Å²) < 4.78 is 43.4. The molecule has 2 aromatic rings. The second-order valence-corrected chi connectivity index (χ2v) is 8.54. The molecule has 0 unspecified atom stereocenters. The third kappa shape index (κ3) is 5.50. The van der Waals surface area contributed by atoms with E-state index in [1.165, 1.54) is 30.3 Å². The largest absolute Gasteiger partial charge is 0.742 e.